The molecule has 236 valence electrons. The SMILES string of the molecule is CS(=O)(=O)c1ccc(CN2CCC(c3nccc(-n4ccc(C(=O)N5CC[C@@](c6ccccc6)(C(F)(F)F)C5)n4)n3)CC2)cc1. The van der Waals surface area contributed by atoms with Gasteiger partial charge in [0.15, 0.2) is 21.3 Å². The fraction of sp³-hybridized carbons (Fsp3) is 0.375. The number of piperidine rings is 1. The average molecular weight is 639 g/mol. The summed E-state index contributed by atoms with van der Waals surface area (Å²) >= 11 is 0. The number of likely N-dealkylation sites (tertiary alicyclic amines) is 2. The van der Waals surface area contributed by atoms with Crippen molar-refractivity contribution in [1.29, 1.82) is 0 Å². The number of benzene rings is 2. The lowest BCUT2D eigenvalue weighted by Crippen LogP contribution is -2.45. The molecule has 0 unspecified atom stereocenters. The van der Waals surface area contributed by atoms with Gasteiger partial charge in [-0.3, -0.25) is 9.69 Å². The van der Waals surface area contributed by atoms with Gasteiger partial charge in [0, 0.05) is 50.3 Å². The molecule has 9 nitrogen and oxygen atoms in total. The standard InChI is InChI=1S/C32H33F3N6O3S/c1-45(43,44)26-9-7-23(8-10-26)21-39-17-12-24(13-18-39)29-36-16-11-28(37-29)41-19-14-27(38-41)30(42)40-20-15-31(22-40,32(33,34)35)25-5-3-2-4-6-25/h2-11,14,16,19,24H,12-13,15,17-18,20-22H2,1H3/t31-/m1/s1. The molecule has 0 N–H and O–H groups in total. The summed E-state index contributed by atoms with van der Waals surface area (Å²) < 4.78 is 67.9. The van der Waals surface area contributed by atoms with E-state index in [2.05, 4.69) is 15.0 Å². The van der Waals surface area contributed by atoms with Crippen molar-refractivity contribution in [2.75, 3.05) is 32.4 Å². The number of amides is 1. The zero-order valence-corrected chi connectivity index (χ0v) is 25.5. The third-order valence-electron chi connectivity index (χ3n) is 8.84. The summed E-state index contributed by atoms with van der Waals surface area (Å²) in [7, 11) is -3.23. The van der Waals surface area contributed by atoms with Crippen molar-refractivity contribution >= 4 is 15.7 Å². The topological polar surface area (TPSA) is 101 Å². The summed E-state index contributed by atoms with van der Waals surface area (Å²) in [5.41, 5.74) is -0.867. The number of rotatable bonds is 7. The Kier molecular flexibility index (Phi) is 8.25. The van der Waals surface area contributed by atoms with Gasteiger partial charge in [-0.15, -0.1) is 0 Å². The van der Waals surface area contributed by atoms with Gasteiger partial charge in [0.05, 0.1) is 4.90 Å². The molecular formula is C32H33F3N6O3S. The second-order valence-corrected chi connectivity index (χ2v) is 13.8. The van der Waals surface area contributed by atoms with Crippen LogP contribution in [0.3, 0.4) is 0 Å². The maximum absolute atomic E-state index is 14.3. The maximum Gasteiger partial charge on any atom is 0.400 e. The molecule has 6 rings (SSSR count). The van der Waals surface area contributed by atoms with Gasteiger partial charge < -0.3 is 4.90 Å². The van der Waals surface area contributed by atoms with Gasteiger partial charge in [0.1, 0.15) is 11.2 Å². The third-order valence-corrected chi connectivity index (χ3v) is 9.97. The van der Waals surface area contributed by atoms with Crippen LogP contribution in [0.2, 0.25) is 0 Å². The highest BCUT2D eigenvalue weighted by Gasteiger charge is 2.59. The number of alkyl halides is 3. The maximum atomic E-state index is 14.3. The van der Waals surface area contributed by atoms with Crippen LogP contribution in [0.25, 0.3) is 5.82 Å². The Labute approximate surface area is 259 Å². The molecule has 2 saturated heterocycles. The van der Waals surface area contributed by atoms with Crippen molar-refractivity contribution in [1.82, 2.24) is 29.5 Å². The summed E-state index contributed by atoms with van der Waals surface area (Å²) in [6, 6.07) is 17.9. The molecule has 2 fully saturated rings. The minimum absolute atomic E-state index is 0.0254. The molecule has 0 bridgehead atoms. The van der Waals surface area contributed by atoms with E-state index in [-0.39, 0.29) is 30.1 Å². The van der Waals surface area contributed by atoms with E-state index in [0.29, 0.717) is 23.1 Å². The van der Waals surface area contributed by atoms with Gasteiger partial charge in [-0.2, -0.15) is 18.3 Å². The molecule has 0 saturated carbocycles. The highest BCUT2D eigenvalue weighted by molar-refractivity contribution is 7.90. The number of carbonyl (C=O) groups excluding carboxylic acids is 1. The first-order valence-electron chi connectivity index (χ1n) is 14.7. The first kappa shape index (κ1) is 30.9. The van der Waals surface area contributed by atoms with E-state index in [4.69, 9.17) is 4.98 Å². The number of halogens is 3. The van der Waals surface area contributed by atoms with Crippen molar-refractivity contribution in [2.45, 2.75) is 48.2 Å². The van der Waals surface area contributed by atoms with Crippen molar-refractivity contribution in [2.24, 2.45) is 0 Å². The Bertz CT molecular complexity index is 1770. The van der Waals surface area contributed by atoms with Crippen LogP contribution < -0.4 is 0 Å². The van der Waals surface area contributed by atoms with E-state index in [1.54, 1.807) is 48.8 Å². The second-order valence-electron chi connectivity index (χ2n) is 11.8. The van der Waals surface area contributed by atoms with Gasteiger partial charge >= 0.3 is 6.18 Å². The summed E-state index contributed by atoms with van der Waals surface area (Å²) in [5, 5.41) is 4.38. The Hall–Kier alpha value is -4.10. The number of nitrogens with zero attached hydrogens (tertiary/aromatic N) is 6. The van der Waals surface area contributed by atoms with E-state index in [9.17, 15) is 26.4 Å². The highest BCUT2D eigenvalue weighted by Crippen LogP contribution is 2.47. The van der Waals surface area contributed by atoms with Crippen molar-refractivity contribution in [3.05, 3.63) is 102 Å². The third kappa shape index (κ3) is 6.36. The summed E-state index contributed by atoms with van der Waals surface area (Å²) in [6.07, 6.45) is 1.38. The van der Waals surface area contributed by atoms with E-state index in [0.717, 1.165) is 31.5 Å². The molecule has 45 heavy (non-hydrogen) atoms. The van der Waals surface area contributed by atoms with Crippen LogP contribution in [0.1, 0.15) is 52.6 Å². The molecule has 0 radical (unpaired) electrons. The van der Waals surface area contributed by atoms with Crippen LogP contribution in [0.4, 0.5) is 13.2 Å². The normalized spacial score (nSPS) is 20.0. The van der Waals surface area contributed by atoms with Gasteiger partial charge in [-0.05, 0) is 61.7 Å². The van der Waals surface area contributed by atoms with E-state index < -0.39 is 33.9 Å². The summed E-state index contributed by atoms with van der Waals surface area (Å²) in [5.74, 6) is 0.722. The zero-order chi connectivity index (χ0) is 31.8. The quantitative estimate of drug-likeness (QED) is 0.287. The second kappa shape index (κ2) is 12.0. The molecule has 2 aromatic carbocycles. The first-order chi connectivity index (χ1) is 21.4. The van der Waals surface area contributed by atoms with Gasteiger partial charge in [0.2, 0.25) is 0 Å². The van der Waals surface area contributed by atoms with Crippen LogP contribution in [0, 0.1) is 0 Å². The molecule has 0 spiro atoms. The molecule has 13 heteroatoms. The van der Waals surface area contributed by atoms with Crippen molar-refractivity contribution in [3.8, 4) is 5.82 Å². The number of hydrogen-bond acceptors (Lipinski definition) is 7. The number of sulfone groups is 1. The lowest BCUT2D eigenvalue weighted by molar-refractivity contribution is -0.186. The smallest absolute Gasteiger partial charge is 0.336 e. The van der Waals surface area contributed by atoms with Gasteiger partial charge in [0.25, 0.3) is 5.91 Å². The molecule has 1 atom stereocenters. The Morgan fingerprint density at radius 2 is 1.69 bits per heavy atom. The van der Waals surface area contributed by atoms with Crippen LogP contribution in [-0.4, -0.2) is 82.5 Å². The van der Waals surface area contributed by atoms with Gasteiger partial charge in [-0.1, -0.05) is 42.5 Å². The van der Waals surface area contributed by atoms with E-state index >= 15 is 0 Å². The van der Waals surface area contributed by atoms with E-state index in [1.807, 2.05) is 12.1 Å². The molecule has 0 aliphatic carbocycles. The minimum atomic E-state index is -4.51. The minimum Gasteiger partial charge on any atom is -0.336 e. The van der Waals surface area contributed by atoms with Crippen LogP contribution in [0.15, 0.2) is 84.0 Å². The highest BCUT2D eigenvalue weighted by atomic mass is 32.2. The van der Waals surface area contributed by atoms with Crippen LogP contribution in [0.5, 0.6) is 0 Å². The van der Waals surface area contributed by atoms with Crippen molar-refractivity contribution in [3.63, 3.8) is 0 Å². The zero-order valence-electron chi connectivity index (χ0n) is 24.7. The Morgan fingerprint density at radius 3 is 2.36 bits per heavy atom. The van der Waals surface area contributed by atoms with Crippen molar-refractivity contribution < 1.29 is 26.4 Å². The molecular weight excluding hydrogens is 605 g/mol. The monoisotopic (exact) mass is 638 g/mol. The molecule has 1 amide bonds. The first-order valence-corrected chi connectivity index (χ1v) is 16.6. The molecule has 2 aromatic heterocycles. The van der Waals surface area contributed by atoms with Gasteiger partial charge in [-0.25, -0.2) is 23.1 Å². The molecule has 4 aromatic rings. The average Bonchev–Trinajstić information content (AvgIpc) is 3.71. The number of carbonyl (C=O) groups is 1. The van der Waals surface area contributed by atoms with Crippen LogP contribution >= 0.6 is 0 Å². The lowest BCUT2D eigenvalue weighted by Gasteiger charge is -2.32. The Morgan fingerprint density at radius 1 is 0.978 bits per heavy atom. The molecule has 2 aliphatic heterocycles. The fourth-order valence-electron chi connectivity index (χ4n) is 6.24. The number of hydrogen-bond donors (Lipinski definition) is 0. The number of aromatic nitrogens is 4. The lowest BCUT2D eigenvalue weighted by atomic mass is 9.79. The Balaban J connectivity index is 1.09. The summed E-state index contributed by atoms with van der Waals surface area (Å²) in [6.45, 7) is 1.88. The molecule has 4 heterocycles. The summed E-state index contributed by atoms with van der Waals surface area (Å²) in [4.78, 5) is 26.3. The van der Waals surface area contributed by atoms with Crippen LogP contribution in [-0.2, 0) is 21.8 Å². The molecule has 2 aliphatic rings. The predicted octanol–water partition coefficient (Wildman–Crippen LogP) is 4.79. The largest absolute Gasteiger partial charge is 0.400 e. The van der Waals surface area contributed by atoms with E-state index in [1.165, 1.54) is 34.0 Å². The fourth-order valence-corrected chi connectivity index (χ4v) is 6.87. The predicted molar refractivity (Wildman–Crippen MR) is 161 cm³/mol.